The first-order chi connectivity index (χ1) is 9.04. The van der Waals surface area contributed by atoms with Crippen LogP contribution in [0.5, 0.6) is 0 Å². The van der Waals surface area contributed by atoms with Gasteiger partial charge in [0.05, 0.1) is 18.4 Å². The van der Waals surface area contributed by atoms with Crippen molar-refractivity contribution < 1.29 is 13.9 Å². The molecular weight excluding hydrogens is 247 g/mol. The molecule has 0 radical (unpaired) electrons. The number of morpholine rings is 1. The number of carbonyl (C=O) groups is 1. The molecule has 2 rings (SSSR count). The lowest BCUT2D eigenvalue weighted by molar-refractivity contribution is -0.0675. The molecule has 1 aromatic rings. The van der Waals surface area contributed by atoms with Crippen molar-refractivity contribution in [1.29, 1.82) is 0 Å². The van der Waals surface area contributed by atoms with Crippen molar-refractivity contribution in [3.8, 4) is 0 Å². The maximum absolute atomic E-state index is 12.7. The van der Waals surface area contributed by atoms with E-state index in [-0.39, 0.29) is 18.0 Å². The van der Waals surface area contributed by atoms with Crippen LogP contribution in [0.1, 0.15) is 30.8 Å². The molecule has 2 atom stereocenters. The molecule has 0 aromatic carbocycles. The Labute approximate surface area is 112 Å². The highest BCUT2D eigenvalue weighted by atomic mass is 19.1. The van der Waals surface area contributed by atoms with Gasteiger partial charge in [-0.2, -0.15) is 0 Å². The summed E-state index contributed by atoms with van der Waals surface area (Å²) in [5.74, 6) is -0.473. The molecular formula is C14H19FN2O2. The molecule has 0 aliphatic carbocycles. The second-order valence-corrected chi connectivity index (χ2v) is 5.05. The quantitative estimate of drug-likeness (QED) is 0.781. The number of aromatic nitrogens is 1. The Kier molecular flexibility index (Phi) is 4.61. The summed E-state index contributed by atoms with van der Waals surface area (Å²) < 4.78 is 18.4. The lowest BCUT2D eigenvalue weighted by Gasteiger charge is -2.35. The fourth-order valence-corrected chi connectivity index (χ4v) is 2.40. The smallest absolute Gasteiger partial charge is 0.182 e. The fourth-order valence-electron chi connectivity index (χ4n) is 2.40. The van der Waals surface area contributed by atoms with Gasteiger partial charge in [-0.15, -0.1) is 0 Å². The van der Waals surface area contributed by atoms with Crippen molar-refractivity contribution in [1.82, 2.24) is 9.88 Å². The van der Waals surface area contributed by atoms with Crippen LogP contribution in [0.25, 0.3) is 0 Å². The highest BCUT2D eigenvalue weighted by Gasteiger charge is 2.22. The first-order valence-electron chi connectivity index (χ1n) is 6.57. The van der Waals surface area contributed by atoms with Crippen molar-refractivity contribution in [2.24, 2.45) is 0 Å². The molecule has 104 valence electrons. The molecule has 4 nitrogen and oxygen atoms in total. The minimum absolute atomic E-state index is 0.0493. The zero-order valence-electron chi connectivity index (χ0n) is 11.3. The summed E-state index contributed by atoms with van der Waals surface area (Å²) in [6, 6.07) is 2.70. The number of hydrogen-bond donors (Lipinski definition) is 0. The predicted octanol–water partition coefficient (Wildman–Crippen LogP) is 1.90. The monoisotopic (exact) mass is 266 g/mol. The van der Waals surface area contributed by atoms with Gasteiger partial charge in [0.25, 0.3) is 0 Å². The summed E-state index contributed by atoms with van der Waals surface area (Å²) in [7, 11) is 0. The van der Waals surface area contributed by atoms with E-state index in [0.717, 1.165) is 19.3 Å². The topological polar surface area (TPSA) is 42.4 Å². The van der Waals surface area contributed by atoms with E-state index in [1.807, 2.05) is 13.8 Å². The van der Waals surface area contributed by atoms with Gasteiger partial charge in [0.15, 0.2) is 5.78 Å². The average Bonchev–Trinajstić information content (AvgIpc) is 2.36. The average molecular weight is 266 g/mol. The van der Waals surface area contributed by atoms with Crippen LogP contribution in [0, 0.1) is 5.82 Å². The maximum atomic E-state index is 12.7. The maximum Gasteiger partial charge on any atom is 0.182 e. The van der Waals surface area contributed by atoms with E-state index in [1.54, 1.807) is 0 Å². The summed E-state index contributed by atoms with van der Waals surface area (Å²) >= 11 is 0. The summed E-state index contributed by atoms with van der Waals surface area (Å²) in [5.41, 5.74) is 0.329. The molecule has 1 aliphatic heterocycles. The SMILES string of the molecule is C[C@@H]1CN(CCC(=O)c2ccc(F)cn2)C[C@H](C)O1. The molecule has 0 bridgehead atoms. The van der Waals surface area contributed by atoms with Gasteiger partial charge in [-0.3, -0.25) is 14.7 Å². The molecule has 0 spiro atoms. The summed E-state index contributed by atoms with van der Waals surface area (Å²) in [6.45, 7) is 6.44. The van der Waals surface area contributed by atoms with Gasteiger partial charge in [-0.05, 0) is 26.0 Å². The number of carbonyl (C=O) groups excluding carboxylic acids is 1. The number of ketones is 1. The van der Waals surface area contributed by atoms with Crippen LogP contribution in [0.15, 0.2) is 18.3 Å². The van der Waals surface area contributed by atoms with Gasteiger partial charge in [0.1, 0.15) is 11.5 Å². The number of hydrogen-bond acceptors (Lipinski definition) is 4. The van der Waals surface area contributed by atoms with Crippen molar-refractivity contribution in [2.45, 2.75) is 32.5 Å². The molecule has 2 heterocycles. The highest BCUT2D eigenvalue weighted by molar-refractivity contribution is 5.94. The number of halogens is 1. The van der Waals surface area contributed by atoms with Crippen LogP contribution in [0.4, 0.5) is 4.39 Å². The normalized spacial score (nSPS) is 24.4. The Morgan fingerprint density at radius 3 is 2.68 bits per heavy atom. The molecule has 1 aliphatic rings. The van der Waals surface area contributed by atoms with Crippen molar-refractivity contribution >= 4 is 5.78 Å². The van der Waals surface area contributed by atoms with Gasteiger partial charge < -0.3 is 4.74 Å². The van der Waals surface area contributed by atoms with Crippen LogP contribution in [0.2, 0.25) is 0 Å². The Morgan fingerprint density at radius 1 is 1.42 bits per heavy atom. The van der Waals surface area contributed by atoms with E-state index in [4.69, 9.17) is 4.74 Å². The van der Waals surface area contributed by atoms with Crippen LogP contribution in [-0.4, -0.2) is 47.5 Å². The number of nitrogens with zero attached hydrogens (tertiary/aromatic N) is 2. The minimum atomic E-state index is -0.424. The molecule has 5 heteroatoms. The van der Waals surface area contributed by atoms with Gasteiger partial charge in [-0.25, -0.2) is 4.39 Å². The molecule has 19 heavy (non-hydrogen) atoms. The first kappa shape index (κ1) is 14.1. The third-order valence-corrected chi connectivity index (χ3v) is 3.16. The van der Waals surface area contributed by atoms with Crippen LogP contribution in [-0.2, 0) is 4.74 Å². The van der Waals surface area contributed by atoms with E-state index < -0.39 is 5.82 Å². The Hall–Kier alpha value is -1.33. The summed E-state index contributed by atoms with van der Waals surface area (Å²) in [4.78, 5) is 17.9. The summed E-state index contributed by atoms with van der Waals surface area (Å²) in [6.07, 6.45) is 1.87. The van der Waals surface area contributed by atoms with Gasteiger partial charge in [0.2, 0.25) is 0 Å². The third kappa shape index (κ3) is 4.08. The van der Waals surface area contributed by atoms with Crippen molar-refractivity contribution in [3.05, 3.63) is 29.8 Å². The summed E-state index contributed by atoms with van der Waals surface area (Å²) in [5, 5.41) is 0. The molecule has 0 amide bonds. The molecule has 0 N–H and O–H groups in total. The fraction of sp³-hybridized carbons (Fsp3) is 0.571. The number of pyridine rings is 1. The Morgan fingerprint density at radius 2 is 2.11 bits per heavy atom. The lowest BCUT2D eigenvalue weighted by Crippen LogP contribution is -2.46. The van der Waals surface area contributed by atoms with Crippen LogP contribution >= 0.6 is 0 Å². The van der Waals surface area contributed by atoms with E-state index in [1.165, 1.54) is 12.1 Å². The van der Waals surface area contributed by atoms with Gasteiger partial charge >= 0.3 is 0 Å². The molecule has 0 unspecified atom stereocenters. The minimum Gasteiger partial charge on any atom is -0.373 e. The highest BCUT2D eigenvalue weighted by Crippen LogP contribution is 2.11. The zero-order valence-corrected chi connectivity index (χ0v) is 11.3. The third-order valence-electron chi connectivity index (χ3n) is 3.16. The molecule has 1 saturated heterocycles. The molecule has 1 fully saturated rings. The second kappa shape index (κ2) is 6.21. The Bertz CT molecular complexity index is 426. The van der Waals surface area contributed by atoms with E-state index in [0.29, 0.717) is 18.7 Å². The zero-order chi connectivity index (χ0) is 13.8. The molecule has 1 aromatic heterocycles. The number of ether oxygens (including phenoxy) is 1. The van der Waals surface area contributed by atoms with Crippen molar-refractivity contribution in [2.75, 3.05) is 19.6 Å². The Balaban J connectivity index is 1.84. The first-order valence-corrected chi connectivity index (χ1v) is 6.57. The lowest BCUT2D eigenvalue weighted by atomic mass is 10.1. The number of Topliss-reactive ketones (excluding diaryl/α,β-unsaturated/α-hetero) is 1. The molecule has 0 saturated carbocycles. The van der Waals surface area contributed by atoms with E-state index in [2.05, 4.69) is 9.88 Å². The van der Waals surface area contributed by atoms with Gasteiger partial charge in [-0.1, -0.05) is 0 Å². The van der Waals surface area contributed by atoms with E-state index in [9.17, 15) is 9.18 Å². The largest absolute Gasteiger partial charge is 0.373 e. The predicted molar refractivity (Wildman–Crippen MR) is 69.6 cm³/mol. The van der Waals surface area contributed by atoms with E-state index >= 15 is 0 Å². The van der Waals surface area contributed by atoms with Gasteiger partial charge in [0, 0.05) is 26.1 Å². The van der Waals surface area contributed by atoms with Crippen LogP contribution < -0.4 is 0 Å². The standard InChI is InChI=1S/C14H19FN2O2/c1-10-8-17(9-11(2)19-10)6-5-14(18)13-4-3-12(15)7-16-13/h3-4,7,10-11H,5-6,8-9H2,1-2H3/t10-,11+. The second-order valence-electron chi connectivity index (χ2n) is 5.05. The van der Waals surface area contributed by atoms with Crippen LogP contribution in [0.3, 0.4) is 0 Å². The number of rotatable bonds is 4. The van der Waals surface area contributed by atoms with Crippen molar-refractivity contribution in [3.63, 3.8) is 0 Å².